The number of benzene rings is 3. The first-order chi connectivity index (χ1) is 19.4. The van der Waals surface area contributed by atoms with E-state index in [1.807, 2.05) is 78.9 Å². The summed E-state index contributed by atoms with van der Waals surface area (Å²) in [4.78, 5) is 41.5. The van der Waals surface area contributed by atoms with Gasteiger partial charge in [0.1, 0.15) is 11.4 Å². The number of fused-ring (bicyclic) bond motifs is 1. The summed E-state index contributed by atoms with van der Waals surface area (Å²) >= 11 is 2.55. The Kier molecular flexibility index (Phi) is 8.32. The van der Waals surface area contributed by atoms with Gasteiger partial charge in [0.05, 0.1) is 16.7 Å². The minimum absolute atomic E-state index is 0.0633. The third-order valence-corrected chi connectivity index (χ3v) is 8.95. The molecular formula is C31H28N2O5S2. The first-order valence-electron chi connectivity index (χ1n) is 12.7. The number of β-lactam (4-membered cyclic amide) rings is 1. The molecule has 1 saturated heterocycles. The summed E-state index contributed by atoms with van der Waals surface area (Å²) in [5.74, 6) is -0.334. The summed E-state index contributed by atoms with van der Waals surface area (Å²) in [6.07, 6.45) is 1.16. The summed E-state index contributed by atoms with van der Waals surface area (Å²) < 4.78 is 12.7. The van der Waals surface area contributed by atoms with E-state index in [2.05, 4.69) is 11.9 Å². The van der Waals surface area contributed by atoms with Crippen molar-refractivity contribution in [3.05, 3.63) is 125 Å². The second-order valence-corrected chi connectivity index (χ2v) is 11.5. The lowest BCUT2D eigenvalue weighted by Crippen LogP contribution is -2.63. The van der Waals surface area contributed by atoms with Crippen LogP contribution in [0.5, 0.6) is 5.75 Å². The average Bonchev–Trinajstić information content (AvgIpc) is 2.95. The molecule has 1 N–H and O–H groups in total. The van der Waals surface area contributed by atoms with Gasteiger partial charge in [-0.2, -0.15) is 0 Å². The lowest BCUT2D eigenvalue weighted by Gasteiger charge is -2.51. The maximum Gasteiger partial charge on any atom is 0.357 e. The largest absolute Gasteiger partial charge is 0.454 e. The second kappa shape index (κ2) is 12.1. The molecule has 3 aromatic rings. The Morgan fingerprint density at radius 2 is 1.62 bits per heavy atom. The fourth-order valence-corrected chi connectivity index (χ4v) is 7.27. The number of carbonyl (C=O) groups is 3. The standard InChI is InChI=1S/C31H28N2O5S2/c1-3-19-39-29-27(30(36)37-28(22-13-7-4-8-14-22)23-15-9-5-10-16-23)33-25(35)20-26(33)40-31(29,32-21(2)34)38-24-17-11-6-12-18-24/h3-18,26,28H,1,19-20H2,2H3,(H,32,34)/t26-,31?/m1/s1. The molecule has 0 saturated carbocycles. The highest BCUT2D eigenvalue weighted by Gasteiger charge is 2.57. The molecule has 2 aliphatic heterocycles. The molecule has 9 heteroatoms. The maximum atomic E-state index is 14.2. The minimum Gasteiger partial charge on any atom is -0.454 e. The molecule has 204 valence electrons. The molecule has 1 unspecified atom stereocenters. The minimum atomic E-state index is -1.47. The fourth-order valence-electron chi connectivity index (χ4n) is 4.57. The van der Waals surface area contributed by atoms with Crippen molar-refractivity contribution in [1.29, 1.82) is 0 Å². The van der Waals surface area contributed by atoms with Crippen molar-refractivity contribution in [3.8, 4) is 5.75 Å². The van der Waals surface area contributed by atoms with Gasteiger partial charge in [0.15, 0.2) is 6.10 Å². The zero-order valence-corrected chi connectivity index (χ0v) is 23.5. The third-order valence-electron chi connectivity index (χ3n) is 6.28. The van der Waals surface area contributed by atoms with Gasteiger partial charge in [-0.3, -0.25) is 14.5 Å². The first-order valence-corrected chi connectivity index (χ1v) is 14.6. The SMILES string of the molecule is C=CCSC1=C(C(=O)OC(c2ccccc2)c2ccccc2)N2C(=O)C[C@H]2SC1(NC(C)=O)Oc1ccccc1. The topological polar surface area (TPSA) is 84.9 Å². The second-order valence-electron chi connectivity index (χ2n) is 9.14. The van der Waals surface area contributed by atoms with Crippen LogP contribution in [0, 0.1) is 0 Å². The highest BCUT2D eigenvalue weighted by atomic mass is 32.2. The van der Waals surface area contributed by atoms with Crippen molar-refractivity contribution in [3.63, 3.8) is 0 Å². The van der Waals surface area contributed by atoms with Crippen molar-refractivity contribution >= 4 is 41.3 Å². The maximum absolute atomic E-state index is 14.2. The predicted molar refractivity (Wildman–Crippen MR) is 157 cm³/mol. The summed E-state index contributed by atoms with van der Waals surface area (Å²) in [6.45, 7) is 5.22. The number of nitrogens with one attached hydrogen (secondary N) is 1. The lowest BCUT2D eigenvalue weighted by molar-refractivity contribution is -0.152. The third kappa shape index (κ3) is 5.66. The molecule has 1 fully saturated rings. The van der Waals surface area contributed by atoms with Gasteiger partial charge in [-0.1, -0.05) is 96.7 Å². The van der Waals surface area contributed by atoms with Gasteiger partial charge in [-0.25, -0.2) is 4.79 Å². The van der Waals surface area contributed by atoms with E-state index in [1.54, 1.807) is 18.2 Å². The molecule has 0 bridgehead atoms. The Bertz CT molecular complexity index is 1390. The van der Waals surface area contributed by atoms with Crippen LogP contribution in [-0.4, -0.2) is 38.9 Å². The number of carbonyl (C=O) groups excluding carboxylic acids is 3. The van der Waals surface area contributed by atoms with Crippen LogP contribution < -0.4 is 10.1 Å². The lowest BCUT2D eigenvalue weighted by atomic mass is 10.0. The van der Waals surface area contributed by atoms with E-state index in [-0.39, 0.29) is 23.9 Å². The predicted octanol–water partition coefficient (Wildman–Crippen LogP) is 5.62. The van der Waals surface area contributed by atoms with Crippen LogP contribution in [0.25, 0.3) is 0 Å². The van der Waals surface area contributed by atoms with Crippen LogP contribution in [0.15, 0.2) is 114 Å². The van der Waals surface area contributed by atoms with Crippen LogP contribution >= 0.6 is 23.5 Å². The molecule has 40 heavy (non-hydrogen) atoms. The Morgan fingerprint density at radius 1 is 1.05 bits per heavy atom. The van der Waals surface area contributed by atoms with Crippen LogP contribution in [0.1, 0.15) is 30.6 Å². The van der Waals surface area contributed by atoms with Crippen LogP contribution in [0.2, 0.25) is 0 Å². The summed E-state index contributed by atoms with van der Waals surface area (Å²) in [5, 5.41) is 1.06. The molecule has 2 heterocycles. The number of para-hydroxylation sites is 1. The van der Waals surface area contributed by atoms with Crippen LogP contribution in [0.3, 0.4) is 0 Å². The van der Waals surface area contributed by atoms with Gasteiger partial charge in [-0.15, -0.1) is 18.3 Å². The number of esters is 1. The Labute approximate surface area is 241 Å². The molecule has 0 aliphatic carbocycles. The normalized spacial score (nSPS) is 19.9. The molecule has 0 spiro atoms. The van der Waals surface area contributed by atoms with Crippen LogP contribution in [-0.2, 0) is 19.1 Å². The summed E-state index contributed by atoms with van der Waals surface area (Å²) in [7, 11) is 0. The van der Waals surface area contributed by atoms with E-state index in [0.717, 1.165) is 11.1 Å². The molecule has 2 amide bonds. The number of amides is 2. The average molecular weight is 573 g/mol. The van der Waals surface area contributed by atoms with Gasteiger partial charge in [0.2, 0.25) is 11.8 Å². The van der Waals surface area contributed by atoms with Crippen molar-refractivity contribution in [1.82, 2.24) is 10.2 Å². The van der Waals surface area contributed by atoms with E-state index in [0.29, 0.717) is 16.4 Å². The number of ether oxygens (including phenoxy) is 2. The molecular weight excluding hydrogens is 544 g/mol. The molecule has 0 radical (unpaired) electrons. The van der Waals surface area contributed by atoms with Gasteiger partial charge in [0, 0.05) is 12.7 Å². The van der Waals surface area contributed by atoms with E-state index < -0.39 is 22.5 Å². The number of hydrogen-bond donors (Lipinski definition) is 1. The number of rotatable bonds is 10. The zero-order valence-electron chi connectivity index (χ0n) is 21.8. The monoisotopic (exact) mass is 572 g/mol. The molecule has 0 aromatic heterocycles. The summed E-state index contributed by atoms with van der Waals surface area (Å²) in [6, 6.07) is 27.9. The zero-order chi connectivity index (χ0) is 28.1. The van der Waals surface area contributed by atoms with Crippen molar-refractivity contribution < 1.29 is 23.9 Å². The van der Waals surface area contributed by atoms with Crippen LogP contribution in [0.4, 0.5) is 0 Å². The van der Waals surface area contributed by atoms with E-state index in [1.165, 1.54) is 35.3 Å². The van der Waals surface area contributed by atoms with E-state index in [4.69, 9.17) is 9.47 Å². The Hall–Kier alpha value is -3.95. The van der Waals surface area contributed by atoms with Crippen molar-refractivity contribution in [2.45, 2.75) is 29.9 Å². The van der Waals surface area contributed by atoms with E-state index in [9.17, 15) is 14.4 Å². The molecule has 5 rings (SSSR count). The van der Waals surface area contributed by atoms with Gasteiger partial charge in [0.25, 0.3) is 5.06 Å². The van der Waals surface area contributed by atoms with Gasteiger partial charge in [-0.05, 0) is 23.3 Å². The van der Waals surface area contributed by atoms with Crippen molar-refractivity contribution in [2.75, 3.05) is 5.75 Å². The smallest absolute Gasteiger partial charge is 0.357 e. The Balaban J connectivity index is 1.64. The van der Waals surface area contributed by atoms with Gasteiger partial charge < -0.3 is 14.8 Å². The molecule has 7 nitrogen and oxygen atoms in total. The highest BCUT2D eigenvalue weighted by molar-refractivity contribution is 8.07. The number of thioether (sulfide) groups is 2. The quantitative estimate of drug-likeness (QED) is 0.146. The van der Waals surface area contributed by atoms with Gasteiger partial charge >= 0.3 is 5.97 Å². The van der Waals surface area contributed by atoms with Crippen molar-refractivity contribution in [2.24, 2.45) is 0 Å². The number of nitrogens with zero attached hydrogens (tertiary/aromatic N) is 1. The summed E-state index contributed by atoms with van der Waals surface area (Å²) in [5.41, 5.74) is 1.63. The molecule has 2 aliphatic rings. The highest BCUT2D eigenvalue weighted by Crippen LogP contribution is 2.53. The fraction of sp³-hybridized carbons (Fsp3) is 0.194. The molecule has 2 atom stereocenters. The molecule has 3 aromatic carbocycles. The number of hydrogen-bond acceptors (Lipinski definition) is 7. The Morgan fingerprint density at radius 3 is 2.15 bits per heavy atom. The van der Waals surface area contributed by atoms with E-state index >= 15 is 0 Å². The first kappa shape index (κ1) is 27.6.